The Hall–Kier alpha value is -2.54. The normalized spacial score (nSPS) is 10.5. The molecule has 0 saturated carbocycles. The van der Waals surface area contributed by atoms with E-state index < -0.39 is 11.9 Å². The van der Waals surface area contributed by atoms with Gasteiger partial charge in [0.2, 0.25) is 0 Å². The monoisotopic (exact) mass is 375 g/mol. The van der Waals surface area contributed by atoms with Crippen LogP contribution in [0.4, 0.5) is 15.0 Å². The van der Waals surface area contributed by atoms with Crippen LogP contribution in [0.25, 0.3) is 10.9 Å². The van der Waals surface area contributed by atoms with Gasteiger partial charge < -0.3 is 4.74 Å². The van der Waals surface area contributed by atoms with Crippen LogP contribution in [-0.2, 0) is 11.3 Å². The molecular formula is C16H11BrFN3O2. The summed E-state index contributed by atoms with van der Waals surface area (Å²) in [5, 5.41) is 2.90. The molecule has 116 valence electrons. The molecule has 0 saturated heterocycles. The molecule has 0 aliphatic rings. The van der Waals surface area contributed by atoms with Gasteiger partial charge in [0.05, 0.1) is 0 Å². The first-order valence-electron chi connectivity index (χ1n) is 6.71. The number of aromatic nitrogens is 2. The van der Waals surface area contributed by atoms with Crippen LogP contribution >= 0.6 is 15.9 Å². The summed E-state index contributed by atoms with van der Waals surface area (Å²) in [6, 6.07) is 12.2. The second-order valence-corrected chi connectivity index (χ2v) is 5.61. The summed E-state index contributed by atoms with van der Waals surface area (Å²) in [7, 11) is 0. The number of nitrogens with zero attached hydrogens (tertiary/aromatic N) is 2. The van der Waals surface area contributed by atoms with Crippen molar-refractivity contribution in [3.63, 3.8) is 0 Å². The van der Waals surface area contributed by atoms with Gasteiger partial charge in [0.25, 0.3) is 0 Å². The molecule has 0 bridgehead atoms. The lowest BCUT2D eigenvalue weighted by Crippen LogP contribution is -2.15. The SMILES string of the molecule is O=C(Nc1ncnc2c(F)cc(Br)cc12)OCc1ccccc1. The largest absolute Gasteiger partial charge is 0.444 e. The zero-order chi connectivity index (χ0) is 16.2. The molecule has 1 heterocycles. The third-order valence-corrected chi connectivity index (χ3v) is 3.55. The zero-order valence-electron chi connectivity index (χ0n) is 11.8. The predicted molar refractivity (Wildman–Crippen MR) is 87.4 cm³/mol. The van der Waals surface area contributed by atoms with Gasteiger partial charge in [0.1, 0.15) is 24.3 Å². The van der Waals surface area contributed by atoms with Gasteiger partial charge in [-0.25, -0.2) is 19.2 Å². The number of hydrogen-bond donors (Lipinski definition) is 1. The van der Waals surface area contributed by atoms with Gasteiger partial charge in [-0.15, -0.1) is 0 Å². The molecule has 1 N–H and O–H groups in total. The Labute approximate surface area is 139 Å². The molecule has 0 spiro atoms. The van der Waals surface area contributed by atoms with E-state index in [1.165, 1.54) is 12.4 Å². The van der Waals surface area contributed by atoms with E-state index in [-0.39, 0.29) is 17.9 Å². The van der Waals surface area contributed by atoms with Crippen molar-refractivity contribution in [2.45, 2.75) is 6.61 Å². The van der Waals surface area contributed by atoms with Crippen LogP contribution in [0.5, 0.6) is 0 Å². The third-order valence-electron chi connectivity index (χ3n) is 3.09. The van der Waals surface area contributed by atoms with Crippen LogP contribution in [0.2, 0.25) is 0 Å². The molecule has 0 unspecified atom stereocenters. The van der Waals surface area contributed by atoms with Crippen molar-refractivity contribution in [2.75, 3.05) is 5.32 Å². The van der Waals surface area contributed by atoms with Gasteiger partial charge in [0, 0.05) is 9.86 Å². The Balaban J connectivity index is 1.77. The highest BCUT2D eigenvalue weighted by atomic mass is 79.9. The maximum atomic E-state index is 13.9. The van der Waals surface area contributed by atoms with Crippen LogP contribution in [0, 0.1) is 5.82 Å². The Bertz CT molecular complexity index is 859. The number of anilines is 1. The first-order valence-corrected chi connectivity index (χ1v) is 7.50. The van der Waals surface area contributed by atoms with Crippen molar-refractivity contribution in [3.8, 4) is 0 Å². The summed E-state index contributed by atoms with van der Waals surface area (Å²) in [4.78, 5) is 19.8. The maximum absolute atomic E-state index is 13.9. The molecule has 0 aliphatic heterocycles. The first-order chi connectivity index (χ1) is 11.1. The second-order valence-electron chi connectivity index (χ2n) is 4.69. The number of nitrogens with one attached hydrogen (secondary N) is 1. The summed E-state index contributed by atoms with van der Waals surface area (Å²) < 4.78 is 19.5. The van der Waals surface area contributed by atoms with E-state index in [2.05, 4.69) is 31.2 Å². The quantitative estimate of drug-likeness (QED) is 0.741. The van der Waals surface area contributed by atoms with Crippen molar-refractivity contribution in [3.05, 3.63) is 64.6 Å². The summed E-state index contributed by atoms with van der Waals surface area (Å²) in [6.45, 7) is 0.133. The Morgan fingerprint density at radius 2 is 2.00 bits per heavy atom. The lowest BCUT2D eigenvalue weighted by molar-refractivity contribution is 0.155. The molecule has 3 aromatic rings. The van der Waals surface area contributed by atoms with Crippen LogP contribution in [-0.4, -0.2) is 16.1 Å². The first kappa shape index (κ1) is 15.4. The van der Waals surface area contributed by atoms with Gasteiger partial charge >= 0.3 is 6.09 Å². The minimum absolute atomic E-state index is 0.126. The molecule has 5 nitrogen and oxygen atoms in total. The molecule has 7 heteroatoms. The fourth-order valence-corrected chi connectivity index (χ4v) is 2.48. The Kier molecular flexibility index (Phi) is 4.47. The molecule has 2 aromatic carbocycles. The molecule has 0 aliphatic carbocycles. The number of carbonyl (C=O) groups is 1. The van der Waals surface area contributed by atoms with Crippen molar-refractivity contribution in [2.24, 2.45) is 0 Å². The maximum Gasteiger partial charge on any atom is 0.413 e. The van der Waals surface area contributed by atoms with Crippen molar-refractivity contribution in [1.82, 2.24) is 9.97 Å². The van der Waals surface area contributed by atoms with E-state index in [0.717, 1.165) is 5.56 Å². The third kappa shape index (κ3) is 3.62. The number of ether oxygens (including phenoxy) is 1. The van der Waals surface area contributed by atoms with E-state index in [1.807, 2.05) is 30.3 Å². The van der Waals surface area contributed by atoms with E-state index in [4.69, 9.17) is 4.74 Å². The second kappa shape index (κ2) is 6.70. The lowest BCUT2D eigenvalue weighted by Gasteiger charge is -2.09. The molecule has 3 rings (SSSR count). The molecule has 1 aromatic heterocycles. The number of rotatable bonds is 3. The number of fused-ring (bicyclic) bond motifs is 1. The summed E-state index contributed by atoms with van der Waals surface area (Å²) in [6.07, 6.45) is 0.515. The molecule has 0 atom stereocenters. The molecule has 0 radical (unpaired) electrons. The summed E-state index contributed by atoms with van der Waals surface area (Å²) in [5.41, 5.74) is 0.991. The number of halogens is 2. The highest BCUT2D eigenvalue weighted by Crippen LogP contribution is 2.26. The summed E-state index contributed by atoms with van der Waals surface area (Å²) in [5.74, 6) is -0.314. The molecule has 1 amide bonds. The minimum Gasteiger partial charge on any atom is -0.444 e. The van der Waals surface area contributed by atoms with Crippen molar-refractivity contribution < 1.29 is 13.9 Å². The van der Waals surface area contributed by atoms with Crippen LogP contribution in [0.15, 0.2) is 53.3 Å². The number of hydrogen-bond acceptors (Lipinski definition) is 4. The van der Waals surface area contributed by atoms with Gasteiger partial charge in [-0.1, -0.05) is 46.3 Å². The number of amides is 1. The molecule has 0 fully saturated rings. The highest BCUT2D eigenvalue weighted by Gasteiger charge is 2.12. The topological polar surface area (TPSA) is 64.1 Å². The Morgan fingerprint density at radius 3 is 2.78 bits per heavy atom. The van der Waals surface area contributed by atoms with Gasteiger partial charge in [-0.05, 0) is 17.7 Å². The van der Waals surface area contributed by atoms with Gasteiger partial charge in [0.15, 0.2) is 5.82 Å². The fourth-order valence-electron chi connectivity index (χ4n) is 2.05. The van der Waals surface area contributed by atoms with E-state index in [9.17, 15) is 9.18 Å². The van der Waals surface area contributed by atoms with Crippen LogP contribution in [0.3, 0.4) is 0 Å². The highest BCUT2D eigenvalue weighted by molar-refractivity contribution is 9.10. The van der Waals surface area contributed by atoms with E-state index in [1.54, 1.807) is 6.07 Å². The van der Waals surface area contributed by atoms with Crippen LogP contribution in [0.1, 0.15) is 5.56 Å². The average molecular weight is 376 g/mol. The molecular weight excluding hydrogens is 365 g/mol. The van der Waals surface area contributed by atoms with E-state index >= 15 is 0 Å². The van der Waals surface area contributed by atoms with Crippen molar-refractivity contribution in [1.29, 1.82) is 0 Å². The number of benzene rings is 2. The van der Waals surface area contributed by atoms with E-state index in [0.29, 0.717) is 9.86 Å². The fraction of sp³-hybridized carbons (Fsp3) is 0.0625. The Morgan fingerprint density at radius 1 is 1.22 bits per heavy atom. The average Bonchev–Trinajstić information content (AvgIpc) is 2.55. The zero-order valence-corrected chi connectivity index (χ0v) is 13.4. The minimum atomic E-state index is -0.672. The molecule has 23 heavy (non-hydrogen) atoms. The predicted octanol–water partition coefficient (Wildman–Crippen LogP) is 4.28. The van der Waals surface area contributed by atoms with Crippen molar-refractivity contribution >= 4 is 38.7 Å². The standard InChI is InChI=1S/C16H11BrFN3O2/c17-11-6-12-14(13(18)7-11)19-9-20-15(12)21-16(22)23-8-10-4-2-1-3-5-10/h1-7,9H,8H2,(H,19,20,21,22). The lowest BCUT2D eigenvalue weighted by atomic mass is 10.2. The van der Waals surface area contributed by atoms with Gasteiger partial charge in [-0.3, -0.25) is 5.32 Å². The smallest absolute Gasteiger partial charge is 0.413 e. The number of carbonyl (C=O) groups excluding carboxylic acids is 1. The summed E-state index contributed by atoms with van der Waals surface area (Å²) >= 11 is 3.21. The van der Waals surface area contributed by atoms with Gasteiger partial charge in [-0.2, -0.15) is 0 Å². The van der Waals surface area contributed by atoms with Crippen LogP contribution < -0.4 is 5.32 Å².